The summed E-state index contributed by atoms with van der Waals surface area (Å²) in [5.41, 5.74) is 5.57. The molecule has 0 aromatic heterocycles. The van der Waals surface area contributed by atoms with Crippen LogP contribution < -0.4 is 11.1 Å². The molecule has 0 aliphatic carbocycles. The normalized spacial score (nSPS) is 14.9. The minimum Gasteiger partial charge on any atom is -0.347 e. The van der Waals surface area contributed by atoms with Gasteiger partial charge in [-0.1, -0.05) is 20.3 Å². The Kier molecular flexibility index (Phi) is 5.28. The van der Waals surface area contributed by atoms with Crippen molar-refractivity contribution in [2.24, 2.45) is 11.7 Å². The topological polar surface area (TPSA) is 72.2 Å². The standard InChI is InChI=1S/C8H15N2O2/c1-3-6(2)7(9)8(12)10-4-5-11/h6-7H,3-4,9H2,1-2H3,(H,10,12)/t6-,7-/m1/s1. The maximum Gasteiger partial charge on any atom is 0.237 e. The van der Waals surface area contributed by atoms with E-state index in [0.29, 0.717) is 0 Å². The maximum atomic E-state index is 11.1. The van der Waals surface area contributed by atoms with Crippen molar-refractivity contribution < 1.29 is 9.59 Å². The lowest BCUT2D eigenvalue weighted by atomic mass is 9.99. The van der Waals surface area contributed by atoms with E-state index in [1.54, 1.807) is 6.29 Å². The summed E-state index contributed by atoms with van der Waals surface area (Å²) in [7, 11) is 0. The number of carbonyl (C=O) groups is 1. The molecule has 12 heavy (non-hydrogen) atoms. The number of carbonyl (C=O) groups excluding carboxylic acids is 2. The minimum absolute atomic E-state index is 0.0804. The maximum absolute atomic E-state index is 11.1. The third kappa shape index (κ3) is 3.48. The first-order chi connectivity index (χ1) is 5.63. The molecule has 1 radical (unpaired) electrons. The Bertz CT molecular complexity index is 159. The molecule has 4 heteroatoms. The number of nitrogens with two attached hydrogens (primary N) is 1. The summed E-state index contributed by atoms with van der Waals surface area (Å²) >= 11 is 0. The van der Waals surface area contributed by atoms with Gasteiger partial charge >= 0.3 is 0 Å². The van der Waals surface area contributed by atoms with Crippen molar-refractivity contribution in [2.75, 3.05) is 6.54 Å². The zero-order chi connectivity index (χ0) is 9.56. The first-order valence-electron chi connectivity index (χ1n) is 4.01. The second-order valence-electron chi connectivity index (χ2n) is 2.77. The van der Waals surface area contributed by atoms with E-state index in [4.69, 9.17) is 5.73 Å². The zero-order valence-corrected chi connectivity index (χ0v) is 7.46. The molecule has 4 nitrogen and oxygen atoms in total. The molecule has 0 rings (SSSR count). The molecule has 0 fully saturated rings. The molecule has 69 valence electrons. The quantitative estimate of drug-likeness (QED) is 0.590. The van der Waals surface area contributed by atoms with E-state index in [-0.39, 0.29) is 18.4 Å². The third-order valence-corrected chi connectivity index (χ3v) is 1.89. The highest BCUT2D eigenvalue weighted by atomic mass is 16.2. The van der Waals surface area contributed by atoms with Crippen molar-refractivity contribution in [3.8, 4) is 0 Å². The van der Waals surface area contributed by atoms with Crippen LogP contribution in [0.3, 0.4) is 0 Å². The molecule has 0 aliphatic heterocycles. The van der Waals surface area contributed by atoms with Crippen molar-refractivity contribution in [1.82, 2.24) is 5.32 Å². The van der Waals surface area contributed by atoms with Crippen molar-refractivity contribution in [1.29, 1.82) is 0 Å². The van der Waals surface area contributed by atoms with Crippen LogP contribution in [0.25, 0.3) is 0 Å². The summed E-state index contributed by atoms with van der Waals surface area (Å²) in [5, 5.41) is 2.36. The van der Waals surface area contributed by atoms with Crippen LogP contribution in [0.4, 0.5) is 0 Å². The van der Waals surface area contributed by atoms with Crippen LogP contribution in [-0.4, -0.2) is 24.8 Å². The van der Waals surface area contributed by atoms with Gasteiger partial charge in [-0.15, -0.1) is 0 Å². The first kappa shape index (κ1) is 11.1. The molecule has 0 saturated heterocycles. The molecule has 0 unspecified atom stereocenters. The lowest BCUT2D eigenvalue weighted by Gasteiger charge is -2.16. The van der Waals surface area contributed by atoms with Gasteiger partial charge in [0.1, 0.15) is 0 Å². The first-order valence-corrected chi connectivity index (χ1v) is 4.01. The summed E-state index contributed by atoms with van der Waals surface area (Å²) < 4.78 is 0. The number of hydrogen-bond acceptors (Lipinski definition) is 3. The van der Waals surface area contributed by atoms with Crippen molar-refractivity contribution in [2.45, 2.75) is 26.3 Å². The Balaban J connectivity index is 3.83. The highest BCUT2D eigenvalue weighted by molar-refractivity contribution is 5.83. The van der Waals surface area contributed by atoms with Gasteiger partial charge in [-0.05, 0) is 5.92 Å². The second kappa shape index (κ2) is 5.71. The van der Waals surface area contributed by atoms with Crippen molar-refractivity contribution in [3.63, 3.8) is 0 Å². The van der Waals surface area contributed by atoms with Crippen LogP contribution in [-0.2, 0) is 9.59 Å². The summed E-state index contributed by atoms with van der Waals surface area (Å²) in [6.45, 7) is 3.78. The number of nitrogens with one attached hydrogen (secondary N) is 1. The zero-order valence-electron chi connectivity index (χ0n) is 7.46. The van der Waals surface area contributed by atoms with E-state index in [1.807, 2.05) is 13.8 Å². The van der Waals surface area contributed by atoms with Crippen LogP contribution in [0.2, 0.25) is 0 Å². The molecule has 1 amide bonds. The molecule has 0 saturated carbocycles. The largest absolute Gasteiger partial charge is 0.347 e. The Morgan fingerprint density at radius 3 is 2.67 bits per heavy atom. The average Bonchev–Trinajstić information content (AvgIpc) is 2.11. The van der Waals surface area contributed by atoms with E-state index in [9.17, 15) is 9.59 Å². The lowest BCUT2D eigenvalue weighted by molar-refractivity contribution is -0.123. The van der Waals surface area contributed by atoms with Gasteiger partial charge in [0.25, 0.3) is 0 Å². The summed E-state index contributed by atoms with van der Waals surface area (Å²) in [6.07, 6.45) is 2.42. The fraction of sp³-hybridized carbons (Fsp3) is 0.750. The van der Waals surface area contributed by atoms with Crippen molar-refractivity contribution >= 4 is 12.2 Å². The molecular weight excluding hydrogens is 156 g/mol. The summed E-state index contributed by atoms with van der Waals surface area (Å²) in [5.74, 6) is -0.149. The lowest BCUT2D eigenvalue weighted by Crippen LogP contribution is -2.45. The van der Waals surface area contributed by atoms with E-state index >= 15 is 0 Å². The number of rotatable bonds is 5. The fourth-order valence-corrected chi connectivity index (χ4v) is 0.753. The van der Waals surface area contributed by atoms with E-state index in [1.165, 1.54) is 0 Å². The number of amides is 1. The number of hydrogen-bond donors (Lipinski definition) is 2. The van der Waals surface area contributed by atoms with E-state index in [2.05, 4.69) is 5.32 Å². The van der Waals surface area contributed by atoms with Gasteiger partial charge in [0.05, 0.1) is 12.6 Å². The van der Waals surface area contributed by atoms with Gasteiger partial charge in [0, 0.05) is 0 Å². The summed E-state index contributed by atoms with van der Waals surface area (Å²) in [4.78, 5) is 20.9. The molecule has 2 atom stereocenters. The molecule has 0 aromatic rings. The monoisotopic (exact) mass is 171 g/mol. The van der Waals surface area contributed by atoms with Gasteiger partial charge in [-0.3, -0.25) is 9.59 Å². The van der Waals surface area contributed by atoms with Gasteiger partial charge < -0.3 is 11.1 Å². The Morgan fingerprint density at radius 2 is 2.25 bits per heavy atom. The molecule has 0 bridgehead atoms. The molecule has 0 heterocycles. The molecular formula is C8H15N2O2. The van der Waals surface area contributed by atoms with Crippen LogP contribution in [0.1, 0.15) is 20.3 Å². The van der Waals surface area contributed by atoms with Crippen LogP contribution in [0.5, 0.6) is 0 Å². The molecule has 0 aliphatic rings. The predicted molar refractivity (Wildman–Crippen MR) is 46.1 cm³/mol. The SMILES string of the molecule is CC[C@@H](C)[C@@H](N)C(=O)NC[C]=O. The summed E-state index contributed by atoms with van der Waals surface area (Å²) in [6, 6.07) is -0.525. The second-order valence-corrected chi connectivity index (χ2v) is 2.77. The van der Waals surface area contributed by atoms with Crippen molar-refractivity contribution in [3.05, 3.63) is 0 Å². The smallest absolute Gasteiger partial charge is 0.237 e. The Hall–Kier alpha value is -0.900. The fourth-order valence-electron chi connectivity index (χ4n) is 0.753. The van der Waals surface area contributed by atoms with Gasteiger partial charge in [0.15, 0.2) is 0 Å². The van der Waals surface area contributed by atoms with Gasteiger partial charge in [-0.25, -0.2) is 0 Å². The van der Waals surface area contributed by atoms with E-state index in [0.717, 1.165) is 6.42 Å². The van der Waals surface area contributed by atoms with Crippen LogP contribution in [0, 0.1) is 5.92 Å². The Labute approximate surface area is 72.5 Å². The predicted octanol–water partition coefficient (Wildman–Crippen LogP) is -0.414. The highest BCUT2D eigenvalue weighted by Crippen LogP contribution is 2.04. The minimum atomic E-state index is -0.525. The van der Waals surface area contributed by atoms with E-state index < -0.39 is 6.04 Å². The average molecular weight is 171 g/mol. The Morgan fingerprint density at radius 1 is 1.67 bits per heavy atom. The molecule has 0 spiro atoms. The van der Waals surface area contributed by atoms with Crippen LogP contribution >= 0.6 is 0 Å². The van der Waals surface area contributed by atoms with Crippen LogP contribution in [0.15, 0.2) is 0 Å². The van der Waals surface area contributed by atoms with Gasteiger partial charge in [-0.2, -0.15) is 0 Å². The molecule has 3 N–H and O–H groups in total. The highest BCUT2D eigenvalue weighted by Gasteiger charge is 2.18. The van der Waals surface area contributed by atoms with Gasteiger partial charge in [0.2, 0.25) is 12.2 Å². The third-order valence-electron chi connectivity index (χ3n) is 1.89. The molecule has 0 aromatic carbocycles.